The number of carbonyl (C=O) groups is 1. The van der Waals surface area contributed by atoms with Gasteiger partial charge in [-0.25, -0.2) is 4.98 Å². The summed E-state index contributed by atoms with van der Waals surface area (Å²) in [7, 11) is 0. The Balaban J connectivity index is 1.76. The summed E-state index contributed by atoms with van der Waals surface area (Å²) >= 11 is 1.50. The van der Waals surface area contributed by atoms with Crippen LogP contribution in [0.4, 0.5) is 5.82 Å². The molecule has 2 atom stereocenters. The van der Waals surface area contributed by atoms with E-state index in [-0.39, 0.29) is 5.91 Å². The lowest BCUT2D eigenvalue weighted by Gasteiger charge is -2.29. The van der Waals surface area contributed by atoms with Gasteiger partial charge in [0.05, 0.1) is 5.75 Å². The molecular weight excluding hydrogens is 258 g/mol. The van der Waals surface area contributed by atoms with Crippen molar-refractivity contribution in [3.63, 3.8) is 0 Å². The quantitative estimate of drug-likeness (QED) is 0.831. The van der Waals surface area contributed by atoms with Crippen molar-refractivity contribution in [2.45, 2.75) is 43.5 Å². The summed E-state index contributed by atoms with van der Waals surface area (Å²) in [6.07, 6.45) is 6.56. The van der Waals surface area contributed by atoms with Crippen molar-refractivity contribution in [3.05, 3.63) is 18.3 Å². The number of nitrogens with zero attached hydrogens (tertiary/aromatic N) is 1. The van der Waals surface area contributed by atoms with Crippen molar-refractivity contribution in [1.29, 1.82) is 0 Å². The van der Waals surface area contributed by atoms with Crippen LogP contribution in [0.25, 0.3) is 0 Å². The molecule has 1 amide bonds. The second-order valence-corrected chi connectivity index (χ2v) is 6.19. The third-order valence-electron chi connectivity index (χ3n) is 3.59. The fourth-order valence-corrected chi connectivity index (χ4v) is 3.08. The summed E-state index contributed by atoms with van der Waals surface area (Å²) in [5.41, 5.74) is 5.52. The number of hydrogen-bond donors (Lipinski definition) is 2. The monoisotopic (exact) mass is 279 g/mol. The number of thioether (sulfide) groups is 1. The normalized spacial score (nSPS) is 23.0. The Labute approximate surface area is 118 Å². The van der Waals surface area contributed by atoms with Crippen LogP contribution >= 0.6 is 11.8 Å². The largest absolute Gasteiger partial charge is 0.384 e. The third-order valence-corrected chi connectivity index (χ3v) is 4.57. The number of nitrogens with two attached hydrogens (primary N) is 1. The summed E-state index contributed by atoms with van der Waals surface area (Å²) in [6, 6.07) is 4.00. The molecule has 5 heteroatoms. The fraction of sp³-hybridized carbons (Fsp3) is 0.571. The van der Waals surface area contributed by atoms with Gasteiger partial charge in [-0.3, -0.25) is 4.79 Å². The summed E-state index contributed by atoms with van der Waals surface area (Å²) < 4.78 is 0. The highest BCUT2D eigenvalue weighted by Gasteiger charge is 2.22. The van der Waals surface area contributed by atoms with Gasteiger partial charge in [0, 0.05) is 17.1 Å². The molecule has 4 nitrogen and oxygen atoms in total. The standard InChI is InChI=1S/C14H21N3OS/c1-10-4-2-3-5-12(10)17-14(18)9-19-11-6-7-13(15)16-8-11/h6-8,10,12H,2-5,9H2,1H3,(H2,15,16)(H,17,18). The van der Waals surface area contributed by atoms with Crippen molar-refractivity contribution in [2.24, 2.45) is 5.92 Å². The summed E-state index contributed by atoms with van der Waals surface area (Å²) in [5, 5.41) is 3.15. The van der Waals surface area contributed by atoms with E-state index < -0.39 is 0 Å². The Bertz CT molecular complexity index is 421. The van der Waals surface area contributed by atoms with Crippen molar-refractivity contribution in [2.75, 3.05) is 11.5 Å². The molecule has 0 radical (unpaired) electrons. The molecule has 1 saturated carbocycles. The van der Waals surface area contributed by atoms with Gasteiger partial charge in [-0.05, 0) is 30.9 Å². The van der Waals surface area contributed by atoms with E-state index in [0.717, 1.165) is 11.3 Å². The molecule has 1 aliphatic carbocycles. The van der Waals surface area contributed by atoms with Crippen LogP contribution in [0.15, 0.2) is 23.2 Å². The minimum Gasteiger partial charge on any atom is -0.384 e. The van der Waals surface area contributed by atoms with E-state index in [1.165, 1.54) is 31.0 Å². The predicted octanol–water partition coefficient (Wildman–Crippen LogP) is 2.45. The average molecular weight is 279 g/mol. The van der Waals surface area contributed by atoms with E-state index >= 15 is 0 Å². The number of nitrogen functional groups attached to an aromatic ring is 1. The van der Waals surface area contributed by atoms with Gasteiger partial charge < -0.3 is 11.1 Å². The molecule has 0 aliphatic heterocycles. The number of hydrogen-bond acceptors (Lipinski definition) is 4. The van der Waals surface area contributed by atoms with Gasteiger partial charge in [0.1, 0.15) is 5.82 Å². The van der Waals surface area contributed by atoms with E-state index in [2.05, 4.69) is 17.2 Å². The van der Waals surface area contributed by atoms with Crippen LogP contribution in [-0.4, -0.2) is 22.7 Å². The van der Waals surface area contributed by atoms with Crippen LogP contribution in [0, 0.1) is 5.92 Å². The zero-order chi connectivity index (χ0) is 13.7. The Morgan fingerprint density at radius 3 is 2.95 bits per heavy atom. The molecule has 1 aromatic heterocycles. The van der Waals surface area contributed by atoms with Crippen molar-refractivity contribution >= 4 is 23.5 Å². The van der Waals surface area contributed by atoms with Gasteiger partial charge in [0.2, 0.25) is 5.91 Å². The maximum Gasteiger partial charge on any atom is 0.230 e. The number of pyridine rings is 1. The molecule has 1 aliphatic rings. The van der Waals surface area contributed by atoms with Gasteiger partial charge in [0.25, 0.3) is 0 Å². The molecule has 0 aromatic carbocycles. The second-order valence-electron chi connectivity index (χ2n) is 5.14. The van der Waals surface area contributed by atoms with E-state index in [4.69, 9.17) is 5.73 Å². The van der Waals surface area contributed by atoms with Crippen molar-refractivity contribution in [3.8, 4) is 0 Å². The topological polar surface area (TPSA) is 68.0 Å². The smallest absolute Gasteiger partial charge is 0.230 e. The first-order valence-corrected chi connectivity index (χ1v) is 7.77. The maximum atomic E-state index is 11.9. The number of amides is 1. The van der Waals surface area contributed by atoms with Gasteiger partial charge in [-0.15, -0.1) is 11.8 Å². The lowest BCUT2D eigenvalue weighted by molar-refractivity contribution is -0.119. The first-order chi connectivity index (χ1) is 9.15. The van der Waals surface area contributed by atoms with Crippen LogP contribution in [-0.2, 0) is 4.79 Å². The number of carbonyl (C=O) groups excluding carboxylic acids is 1. The van der Waals surface area contributed by atoms with Crippen LogP contribution in [0.3, 0.4) is 0 Å². The lowest BCUT2D eigenvalue weighted by atomic mass is 9.86. The predicted molar refractivity (Wildman–Crippen MR) is 78.9 cm³/mol. The molecule has 2 unspecified atom stereocenters. The highest BCUT2D eigenvalue weighted by atomic mass is 32.2. The van der Waals surface area contributed by atoms with Crippen LogP contribution in [0.1, 0.15) is 32.6 Å². The lowest BCUT2D eigenvalue weighted by Crippen LogP contribution is -2.41. The van der Waals surface area contributed by atoms with Crippen LogP contribution in [0.2, 0.25) is 0 Å². The fourth-order valence-electron chi connectivity index (χ4n) is 2.41. The van der Waals surface area contributed by atoms with Crippen LogP contribution < -0.4 is 11.1 Å². The average Bonchev–Trinajstić information content (AvgIpc) is 2.41. The number of anilines is 1. The zero-order valence-corrected chi connectivity index (χ0v) is 12.1. The Morgan fingerprint density at radius 1 is 1.47 bits per heavy atom. The summed E-state index contributed by atoms with van der Waals surface area (Å²) in [5.74, 6) is 1.65. The molecule has 0 spiro atoms. The van der Waals surface area contributed by atoms with E-state index in [1.54, 1.807) is 12.3 Å². The molecule has 3 N–H and O–H groups in total. The number of nitrogens with one attached hydrogen (secondary N) is 1. The highest BCUT2D eigenvalue weighted by Crippen LogP contribution is 2.24. The van der Waals surface area contributed by atoms with Crippen molar-refractivity contribution in [1.82, 2.24) is 10.3 Å². The summed E-state index contributed by atoms with van der Waals surface area (Å²) in [6.45, 7) is 2.22. The maximum absolute atomic E-state index is 11.9. The number of aromatic nitrogens is 1. The molecule has 104 valence electrons. The van der Waals surface area contributed by atoms with Crippen molar-refractivity contribution < 1.29 is 4.79 Å². The van der Waals surface area contributed by atoms with E-state index in [9.17, 15) is 4.79 Å². The van der Waals surface area contributed by atoms with E-state index in [1.807, 2.05) is 6.07 Å². The molecule has 0 saturated heterocycles. The minimum absolute atomic E-state index is 0.112. The molecule has 0 bridgehead atoms. The molecule has 1 heterocycles. The molecular formula is C14H21N3OS. The Hall–Kier alpha value is -1.23. The molecule has 2 rings (SSSR count). The first-order valence-electron chi connectivity index (χ1n) is 6.79. The summed E-state index contributed by atoms with van der Waals surface area (Å²) in [4.78, 5) is 16.9. The molecule has 19 heavy (non-hydrogen) atoms. The zero-order valence-electron chi connectivity index (χ0n) is 11.3. The SMILES string of the molecule is CC1CCCCC1NC(=O)CSc1ccc(N)nc1. The first kappa shape index (κ1) is 14.2. The van der Waals surface area contributed by atoms with E-state index in [0.29, 0.717) is 23.5 Å². The molecule has 1 aromatic rings. The van der Waals surface area contributed by atoms with Gasteiger partial charge in [0.15, 0.2) is 0 Å². The Morgan fingerprint density at radius 2 is 2.26 bits per heavy atom. The molecule has 1 fully saturated rings. The second kappa shape index (κ2) is 6.80. The minimum atomic E-state index is 0.112. The number of rotatable bonds is 4. The van der Waals surface area contributed by atoms with Gasteiger partial charge >= 0.3 is 0 Å². The third kappa shape index (κ3) is 4.42. The highest BCUT2D eigenvalue weighted by molar-refractivity contribution is 8.00. The van der Waals surface area contributed by atoms with Crippen LogP contribution in [0.5, 0.6) is 0 Å². The van der Waals surface area contributed by atoms with Gasteiger partial charge in [-0.2, -0.15) is 0 Å². The van der Waals surface area contributed by atoms with Gasteiger partial charge in [-0.1, -0.05) is 19.8 Å². The Kier molecular flexibility index (Phi) is 5.07.